The Labute approximate surface area is 216 Å². The average molecular weight is 552 g/mol. The highest BCUT2D eigenvalue weighted by molar-refractivity contribution is 7.90. The third kappa shape index (κ3) is 8.19. The minimum Gasteiger partial charge on any atom is -0.481 e. The van der Waals surface area contributed by atoms with Crippen LogP contribution in [-0.4, -0.2) is 57.4 Å². The highest BCUT2D eigenvalue weighted by Crippen LogP contribution is 2.19. The Morgan fingerprint density at radius 3 is 2.24 bits per heavy atom. The first kappa shape index (κ1) is 29.6. The lowest BCUT2D eigenvalue weighted by molar-refractivity contribution is -0.131. The minimum atomic E-state index is -4.20. The van der Waals surface area contributed by atoms with E-state index >= 15 is 0 Å². The Morgan fingerprint density at radius 2 is 1.70 bits per heavy atom. The number of hydroxylamine groups is 1. The van der Waals surface area contributed by atoms with E-state index < -0.39 is 38.0 Å². The number of nitrogens with zero attached hydrogens (tertiary/aromatic N) is 1. The number of guanidine groups is 1. The van der Waals surface area contributed by atoms with Gasteiger partial charge in [0.05, 0.1) is 9.79 Å². The molecule has 0 aromatic heterocycles. The van der Waals surface area contributed by atoms with Crippen molar-refractivity contribution in [2.45, 2.75) is 42.5 Å². The van der Waals surface area contributed by atoms with Gasteiger partial charge in [-0.25, -0.2) is 26.6 Å². The highest BCUT2D eigenvalue weighted by Gasteiger charge is 2.29. The number of amides is 1. The normalized spacial score (nSPS) is 12.1. The molecule has 0 heterocycles. The van der Waals surface area contributed by atoms with Gasteiger partial charge in [-0.3, -0.25) is 15.4 Å². The second-order valence-corrected chi connectivity index (χ2v) is 11.3. The first-order valence-electron chi connectivity index (χ1n) is 10.9. The molecule has 14 heteroatoms. The molecule has 0 aliphatic rings. The molecule has 6 N–H and O–H groups in total. The summed E-state index contributed by atoms with van der Waals surface area (Å²) in [6.45, 7) is 3.27. The van der Waals surface area contributed by atoms with E-state index in [4.69, 9.17) is 21.1 Å². The van der Waals surface area contributed by atoms with E-state index in [0.29, 0.717) is 10.1 Å². The zero-order chi connectivity index (χ0) is 27.6. The van der Waals surface area contributed by atoms with Gasteiger partial charge in [-0.2, -0.15) is 4.72 Å². The fraction of sp³-hybridized carbons (Fsp3) is 0.304. The molecule has 12 nitrogen and oxygen atoms in total. The minimum absolute atomic E-state index is 0.0729. The Balaban J connectivity index is 2.13. The Hall–Kier alpha value is -3.64. The molecular formula is C23H29N5O7S2. The molecule has 1 atom stereocenters. The second-order valence-electron chi connectivity index (χ2n) is 7.75. The van der Waals surface area contributed by atoms with Gasteiger partial charge < -0.3 is 10.5 Å². The lowest BCUT2D eigenvalue weighted by atomic mass is 10.1. The fourth-order valence-corrected chi connectivity index (χ4v) is 5.72. The van der Waals surface area contributed by atoms with Crippen LogP contribution in [0.15, 0.2) is 58.3 Å². The number of hydrogen-bond acceptors (Lipinski definition) is 8. The van der Waals surface area contributed by atoms with Crippen molar-refractivity contribution < 1.29 is 31.6 Å². The van der Waals surface area contributed by atoms with Gasteiger partial charge in [-0.1, -0.05) is 23.6 Å². The molecule has 37 heavy (non-hydrogen) atoms. The molecule has 2 aromatic carbocycles. The van der Waals surface area contributed by atoms with Crippen molar-refractivity contribution in [3.63, 3.8) is 0 Å². The lowest BCUT2D eigenvalue weighted by Crippen LogP contribution is -2.47. The number of nitrogens with two attached hydrogens (primary N) is 1. The number of hydrogen-bond donors (Lipinski definition) is 5. The number of sulfonamides is 2. The molecular weight excluding hydrogens is 522 g/mol. The first-order valence-corrected chi connectivity index (χ1v) is 13.9. The number of benzene rings is 2. The van der Waals surface area contributed by atoms with Gasteiger partial charge in [-0.15, -0.1) is 5.92 Å². The molecule has 1 amide bonds. The molecule has 200 valence electrons. The molecule has 2 aromatic rings. The van der Waals surface area contributed by atoms with E-state index in [1.807, 2.05) is 0 Å². The summed E-state index contributed by atoms with van der Waals surface area (Å²) in [6.07, 6.45) is -0.285. The van der Waals surface area contributed by atoms with Gasteiger partial charge >= 0.3 is 0 Å². The van der Waals surface area contributed by atoms with E-state index in [0.717, 1.165) is 5.56 Å². The largest absolute Gasteiger partial charge is 0.481 e. The van der Waals surface area contributed by atoms with Crippen LogP contribution >= 0.6 is 0 Å². The lowest BCUT2D eigenvalue weighted by Gasteiger charge is -2.23. The average Bonchev–Trinajstić information content (AvgIpc) is 2.85. The predicted molar refractivity (Wildman–Crippen MR) is 136 cm³/mol. The number of aryl methyl sites for hydroxylation is 1. The van der Waals surface area contributed by atoms with Crippen molar-refractivity contribution in [2.24, 2.45) is 5.73 Å². The maximum atomic E-state index is 12.9. The van der Waals surface area contributed by atoms with Crippen LogP contribution in [0.1, 0.15) is 25.3 Å². The Kier molecular flexibility index (Phi) is 10.4. The SMILES string of the molecule is CC#CCOc1ccc(S(=O)(=O)NC(CCCN(C(=N)N)S(=O)(=O)c2ccc(C)cc2)C(=O)NO)cc1. The van der Waals surface area contributed by atoms with Crippen LogP contribution in [0, 0.1) is 24.2 Å². The van der Waals surface area contributed by atoms with Crippen molar-refractivity contribution in [2.75, 3.05) is 13.2 Å². The van der Waals surface area contributed by atoms with E-state index in [1.54, 1.807) is 26.0 Å². The maximum absolute atomic E-state index is 12.9. The molecule has 2 rings (SSSR count). The van der Waals surface area contributed by atoms with E-state index in [-0.39, 0.29) is 35.8 Å². The summed E-state index contributed by atoms with van der Waals surface area (Å²) < 4.78 is 59.7. The number of rotatable bonds is 12. The molecule has 0 radical (unpaired) electrons. The summed E-state index contributed by atoms with van der Waals surface area (Å²) >= 11 is 0. The summed E-state index contributed by atoms with van der Waals surface area (Å²) in [5, 5.41) is 16.8. The van der Waals surface area contributed by atoms with Gasteiger partial charge in [0.15, 0.2) is 0 Å². The molecule has 0 spiro atoms. The van der Waals surface area contributed by atoms with Crippen molar-refractivity contribution in [3.05, 3.63) is 54.1 Å². The van der Waals surface area contributed by atoms with Crippen molar-refractivity contribution >= 4 is 31.9 Å². The smallest absolute Gasteiger partial charge is 0.266 e. The zero-order valence-corrected chi connectivity index (χ0v) is 21.9. The summed E-state index contributed by atoms with van der Waals surface area (Å²) in [5.74, 6) is 3.98. The van der Waals surface area contributed by atoms with Crippen molar-refractivity contribution in [1.29, 1.82) is 5.41 Å². The quantitative estimate of drug-likeness (QED) is 0.0845. The highest BCUT2D eigenvalue weighted by atomic mass is 32.2. The van der Waals surface area contributed by atoms with Gasteiger partial charge in [0.1, 0.15) is 18.4 Å². The molecule has 0 bridgehead atoms. The van der Waals surface area contributed by atoms with E-state index in [9.17, 15) is 21.6 Å². The third-order valence-electron chi connectivity index (χ3n) is 5.08. The third-order valence-corrected chi connectivity index (χ3v) is 8.39. The monoisotopic (exact) mass is 551 g/mol. The van der Waals surface area contributed by atoms with Gasteiger partial charge in [0.2, 0.25) is 16.0 Å². The molecule has 0 fully saturated rings. The summed E-state index contributed by atoms with van der Waals surface area (Å²) in [5.41, 5.74) is 7.74. The standard InChI is InChI=1S/C23H29N5O7S2/c1-3-4-16-35-18-9-13-19(14-10-18)36(31,32)27-21(22(29)26-30)6-5-15-28(23(24)25)37(33,34)20-11-7-17(2)8-12-20/h7-14,21,27,30H,5-6,15-16H2,1-2H3,(H3,24,25)(H,26,29). The van der Waals surface area contributed by atoms with Gasteiger partial charge in [-0.05, 0) is 63.1 Å². The summed E-state index contributed by atoms with van der Waals surface area (Å²) in [6, 6.07) is 9.91. The number of carbonyl (C=O) groups excluding carboxylic acids is 1. The Morgan fingerprint density at radius 1 is 1.11 bits per heavy atom. The number of nitrogens with one attached hydrogen (secondary N) is 3. The van der Waals surface area contributed by atoms with Crippen molar-refractivity contribution in [3.8, 4) is 17.6 Å². The van der Waals surface area contributed by atoms with Crippen molar-refractivity contribution in [1.82, 2.24) is 14.5 Å². The van der Waals surface area contributed by atoms with Crippen LogP contribution in [-0.2, 0) is 24.8 Å². The van der Waals surface area contributed by atoms with E-state index in [1.165, 1.54) is 41.9 Å². The summed E-state index contributed by atoms with van der Waals surface area (Å²) in [7, 11) is -8.36. The zero-order valence-electron chi connectivity index (χ0n) is 20.3. The van der Waals surface area contributed by atoms with Crippen LogP contribution in [0.5, 0.6) is 5.75 Å². The van der Waals surface area contributed by atoms with Gasteiger partial charge in [0, 0.05) is 6.54 Å². The van der Waals surface area contributed by atoms with Crippen LogP contribution in [0.4, 0.5) is 0 Å². The molecule has 1 unspecified atom stereocenters. The fourth-order valence-electron chi connectivity index (χ4n) is 3.13. The maximum Gasteiger partial charge on any atom is 0.266 e. The number of carbonyl (C=O) groups is 1. The first-order chi connectivity index (χ1) is 17.4. The Bertz CT molecular complexity index is 1370. The second kappa shape index (κ2) is 13.1. The topological polar surface area (TPSA) is 192 Å². The predicted octanol–water partition coefficient (Wildman–Crippen LogP) is 0.914. The summed E-state index contributed by atoms with van der Waals surface area (Å²) in [4.78, 5) is 11.9. The molecule has 0 aliphatic carbocycles. The van der Waals surface area contributed by atoms with Crippen LogP contribution in [0.25, 0.3) is 0 Å². The van der Waals surface area contributed by atoms with Crippen LogP contribution in [0.2, 0.25) is 0 Å². The van der Waals surface area contributed by atoms with Crippen LogP contribution < -0.4 is 20.7 Å². The van der Waals surface area contributed by atoms with Gasteiger partial charge in [0.25, 0.3) is 15.9 Å². The molecule has 0 aliphatic heterocycles. The number of ether oxygens (including phenoxy) is 1. The van der Waals surface area contributed by atoms with E-state index in [2.05, 4.69) is 16.6 Å². The molecule has 0 saturated carbocycles. The molecule has 0 saturated heterocycles. The van der Waals surface area contributed by atoms with Crippen LogP contribution in [0.3, 0.4) is 0 Å².